The van der Waals surface area contributed by atoms with Crippen LogP contribution in [0.3, 0.4) is 0 Å². The lowest BCUT2D eigenvalue weighted by Crippen LogP contribution is -2.26. The monoisotopic (exact) mass is 266 g/mol. The van der Waals surface area contributed by atoms with E-state index < -0.39 is 0 Å². The number of nitrogens with zero attached hydrogens (tertiary/aromatic N) is 1. The van der Waals surface area contributed by atoms with Crippen molar-refractivity contribution in [1.82, 2.24) is 4.98 Å². The van der Waals surface area contributed by atoms with Crippen molar-refractivity contribution < 1.29 is 0 Å². The summed E-state index contributed by atoms with van der Waals surface area (Å²) in [5, 5.41) is 0. The Balaban J connectivity index is 1.66. The molecule has 0 spiro atoms. The molecule has 1 aromatic heterocycles. The zero-order valence-electron chi connectivity index (χ0n) is 11.8. The third kappa shape index (κ3) is 3.07. The standard InChI is InChI=1S/C18H22N2/c19-17(12-14-8-10-20-11-9-14)13-16-6-3-5-15-4-1-2-7-18(15)16/h1-2,4,7-11,16-17H,3,5-6,12-13,19H2. The Morgan fingerprint density at radius 2 is 1.95 bits per heavy atom. The van der Waals surface area contributed by atoms with Crippen molar-refractivity contribution in [1.29, 1.82) is 0 Å². The van der Waals surface area contributed by atoms with Gasteiger partial charge in [-0.3, -0.25) is 4.98 Å². The lowest BCUT2D eigenvalue weighted by molar-refractivity contribution is 0.466. The molecular weight excluding hydrogens is 244 g/mol. The van der Waals surface area contributed by atoms with Gasteiger partial charge in [0.2, 0.25) is 0 Å². The molecule has 2 aromatic rings. The maximum Gasteiger partial charge on any atom is 0.0270 e. The van der Waals surface area contributed by atoms with Crippen molar-refractivity contribution in [3.8, 4) is 0 Å². The number of fused-ring (bicyclic) bond motifs is 1. The Bertz CT molecular complexity index is 550. The van der Waals surface area contributed by atoms with Crippen LogP contribution in [0.15, 0.2) is 48.8 Å². The third-order valence-electron chi connectivity index (χ3n) is 4.33. The average molecular weight is 266 g/mol. The normalized spacial score (nSPS) is 19.4. The van der Waals surface area contributed by atoms with Gasteiger partial charge >= 0.3 is 0 Å². The molecule has 1 aromatic carbocycles. The predicted molar refractivity (Wildman–Crippen MR) is 82.7 cm³/mol. The molecule has 2 N–H and O–H groups in total. The van der Waals surface area contributed by atoms with Crippen LogP contribution in [0.4, 0.5) is 0 Å². The van der Waals surface area contributed by atoms with Crippen LogP contribution in [0.2, 0.25) is 0 Å². The Kier molecular flexibility index (Phi) is 4.12. The minimum atomic E-state index is 0.230. The van der Waals surface area contributed by atoms with Crippen LogP contribution in [-0.2, 0) is 12.8 Å². The van der Waals surface area contributed by atoms with E-state index in [4.69, 9.17) is 5.73 Å². The number of aromatic nitrogens is 1. The van der Waals surface area contributed by atoms with Crippen LogP contribution in [0.25, 0.3) is 0 Å². The second-order valence-electron chi connectivity index (χ2n) is 5.84. The minimum absolute atomic E-state index is 0.230. The topological polar surface area (TPSA) is 38.9 Å². The second-order valence-corrected chi connectivity index (χ2v) is 5.84. The lowest BCUT2D eigenvalue weighted by Gasteiger charge is -2.27. The molecule has 1 aliphatic rings. The number of rotatable bonds is 4. The fourth-order valence-electron chi connectivity index (χ4n) is 3.37. The van der Waals surface area contributed by atoms with Crippen molar-refractivity contribution >= 4 is 0 Å². The summed E-state index contributed by atoms with van der Waals surface area (Å²) in [5.41, 5.74) is 10.7. The van der Waals surface area contributed by atoms with E-state index in [0.29, 0.717) is 5.92 Å². The molecule has 0 saturated carbocycles. The Hall–Kier alpha value is -1.67. The number of pyridine rings is 1. The van der Waals surface area contributed by atoms with Gasteiger partial charge in [0.15, 0.2) is 0 Å². The Morgan fingerprint density at radius 1 is 1.15 bits per heavy atom. The highest BCUT2D eigenvalue weighted by molar-refractivity contribution is 5.32. The smallest absolute Gasteiger partial charge is 0.0270 e. The highest BCUT2D eigenvalue weighted by Gasteiger charge is 2.21. The zero-order valence-corrected chi connectivity index (χ0v) is 11.8. The summed E-state index contributed by atoms with van der Waals surface area (Å²) in [6.45, 7) is 0. The molecular formula is C18H22N2. The summed E-state index contributed by atoms with van der Waals surface area (Å²) >= 11 is 0. The van der Waals surface area contributed by atoms with Crippen LogP contribution >= 0.6 is 0 Å². The quantitative estimate of drug-likeness (QED) is 0.920. The summed E-state index contributed by atoms with van der Waals surface area (Å²) < 4.78 is 0. The maximum absolute atomic E-state index is 6.37. The predicted octanol–water partition coefficient (Wildman–Crippen LogP) is 3.46. The Labute approximate surface area is 121 Å². The molecule has 104 valence electrons. The Morgan fingerprint density at radius 3 is 2.80 bits per heavy atom. The number of nitrogens with two attached hydrogens (primary N) is 1. The maximum atomic E-state index is 6.37. The van der Waals surface area contributed by atoms with Gasteiger partial charge in [-0.1, -0.05) is 24.3 Å². The molecule has 0 bridgehead atoms. The lowest BCUT2D eigenvalue weighted by atomic mass is 9.79. The van der Waals surface area contributed by atoms with Gasteiger partial charge in [0.25, 0.3) is 0 Å². The molecule has 0 radical (unpaired) electrons. The van der Waals surface area contributed by atoms with Gasteiger partial charge in [0.1, 0.15) is 0 Å². The van der Waals surface area contributed by atoms with Gasteiger partial charge in [0, 0.05) is 18.4 Å². The van der Waals surface area contributed by atoms with Gasteiger partial charge in [-0.05, 0) is 66.8 Å². The summed E-state index contributed by atoms with van der Waals surface area (Å²) in [5.74, 6) is 0.636. The molecule has 2 nitrogen and oxygen atoms in total. The van der Waals surface area contributed by atoms with Crippen molar-refractivity contribution in [3.63, 3.8) is 0 Å². The first kappa shape index (κ1) is 13.3. The fourth-order valence-corrected chi connectivity index (χ4v) is 3.37. The second kappa shape index (κ2) is 6.19. The molecule has 1 heterocycles. The number of hydrogen-bond acceptors (Lipinski definition) is 2. The molecule has 0 fully saturated rings. The SMILES string of the molecule is NC(Cc1ccncc1)CC1CCCc2ccccc21. The fraction of sp³-hybridized carbons (Fsp3) is 0.389. The number of benzene rings is 1. The van der Waals surface area contributed by atoms with Crippen LogP contribution in [-0.4, -0.2) is 11.0 Å². The van der Waals surface area contributed by atoms with Crippen molar-refractivity contribution in [3.05, 3.63) is 65.5 Å². The molecule has 3 rings (SSSR count). The van der Waals surface area contributed by atoms with Gasteiger partial charge in [-0.2, -0.15) is 0 Å². The van der Waals surface area contributed by atoms with Crippen molar-refractivity contribution in [2.24, 2.45) is 5.73 Å². The molecule has 0 amide bonds. The van der Waals surface area contributed by atoms with Gasteiger partial charge in [0.05, 0.1) is 0 Å². The molecule has 2 unspecified atom stereocenters. The van der Waals surface area contributed by atoms with E-state index in [2.05, 4.69) is 41.4 Å². The van der Waals surface area contributed by atoms with E-state index in [1.165, 1.54) is 36.0 Å². The highest BCUT2D eigenvalue weighted by Crippen LogP contribution is 2.34. The van der Waals surface area contributed by atoms with Crippen LogP contribution in [0.5, 0.6) is 0 Å². The first-order valence-electron chi connectivity index (χ1n) is 7.55. The van der Waals surface area contributed by atoms with Crippen LogP contribution < -0.4 is 5.73 Å². The summed E-state index contributed by atoms with van der Waals surface area (Å²) in [7, 11) is 0. The number of hydrogen-bond donors (Lipinski definition) is 1. The van der Waals surface area contributed by atoms with Gasteiger partial charge in [-0.25, -0.2) is 0 Å². The summed E-state index contributed by atoms with van der Waals surface area (Å²) in [6.07, 6.45) is 9.52. The largest absolute Gasteiger partial charge is 0.327 e. The average Bonchev–Trinajstić information content (AvgIpc) is 2.48. The molecule has 20 heavy (non-hydrogen) atoms. The minimum Gasteiger partial charge on any atom is -0.327 e. The first-order valence-corrected chi connectivity index (χ1v) is 7.55. The van der Waals surface area contributed by atoms with E-state index in [-0.39, 0.29) is 6.04 Å². The van der Waals surface area contributed by atoms with Gasteiger partial charge < -0.3 is 5.73 Å². The van der Waals surface area contributed by atoms with Crippen LogP contribution in [0, 0.1) is 0 Å². The van der Waals surface area contributed by atoms with E-state index in [9.17, 15) is 0 Å². The first-order chi connectivity index (χ1) is 9.83. The molecule has 2 atom stereocenters. The zero-order chi connectivity index (χ0) is 13.8. The van der Waals surface area contributed by atoms with Crippen molar-refractivity contribution in [2.75, 3.05) is 0 Å². The molecule has 1 aliphatic carbocycles. The van der Waals surface area contributed by atoms with Gasteiger partial charge in [-0.15, -0.1) is 0 Å². The van der Waals surface area contributed by atoms with Crippen LogP contribution in [0.1, 0.15) is 41.9 Å². The van der Waals surface area contributed by atoms with E-state index in [0.717, 1.165) is 12.8 Å². The number of aryl methyl sites for hydroxylation is 1. The van der Waals surface area contributed by atoms with E-state index in [1.54, 1.807) is 0 Å². The van der Waals surface area contributed by atoms with E-state index in [1.807, 2.05) is 12.4 Å². The highest BCUT2D eigenvalue weighted by atomic mass is 14.6. The summed E-state index contributed by atoms with van der Waals surface area (Å²) in [4.78, 5) is 4.06. The molecule has 0 saturated heterocycles. The molecule has 2 heteroatoms. The summed E-state index contributed by atoms with van der Waals surface area (Å²) in [6, 6.07) is 13.2. The third-order valence-corrected chi connectivity index (χ3v) is 4.33. The molecule has 0 aliphatic heterocycles. The van der Waals surface area contributed by atoms with E-state index >= 15 is 0 Å². The van der Waals surface area contributed by atoms with Crippen molar-refractivity contribution in [2.45, 2.75) is 44.1 Å².